The summed E-state index contributed by atoms with van der Waals surface area (Å²) in [6.07, 6.45) is 0. The molecule has 8 heteroatoms. The summed E-state index contributed by atoms with van der Waals surface area (Å²) in [7, 11) is 1.51. The lowest BCUT2D eigenvalue weighted by atomic mass is 10.1. The number of nitro benzene ring substituents is 1. The van der Waals surface area contributed by atoms with Gasteiger partial charge in [-0.25, -0.2) is 0 Å². The minimum atomic E-state index is -0.568. The second-order valence-electron chi connectivity index (χ2n) is 4.04. The number of ether oxygens (including phenoxy) is 1. The van der Waals surface area contributed by atoms with Gasteiger partial charge in [-0.3, -0.25) is 20.3 Å². The van der Waals surface area contributed by atoms with Crippen LogP contribution in [0.5, 0.6) is 0 Å². The van der Waals surface area contributed by atoms with E-state index in [1.54, 1.807) is 6.92 Å². The molecule has 0 spiro atoms. The molecule has 3 N–H and O–H groups in total. The van der Waals surface area contributed by atoms with E-state index in [4.69, 9.17) is 15.9 Å². The van der Waals surface area contributed by atoms with Gasteiger partial charge in [0.1, 0.15) is 12.4 Å². The molecular weight excluding hydrogens is 264 g/mol. The van der Waals surface area contributed by atoms with E-state index in [1.807, 2.05) is 0 Å². The Labute approximate surface area is 115 Å². The van der Waals surface area contributed by atoms with Crippen LogP contribution in [0.2, 0.25) is 0 Å². The minimum Gasteiger partial charge on any atom is -0.465 e. The van der Waals surface area contributed by atoms with Crippen molar-refractivity contribution in [2.45, 2.75) is 6.92 Å². The number of likely N-dealkylation sites (N-methyl/N-ethyl adjacent to an activating group) is 1. The van der Waals surface area contributed by atoms with E-state index in [2.05, 4.69) is 0 Å². The maximum Gasteiger partial charge on any atom is 0.325 e. The molecule has 0 aliphatic rings. The first-order valence-corrected chi connectivity index (χ1v) is 5.86. The number of nitrogens with two attached hydrogens (primary N) is 1. The summed E-state index contributed by atoms with van der Waals surface area (Å²) in [6.45, 7) is 1.80. The third-order valence-corrected chi connectivity index (χ3v) is 2.56. The number of hydrogen-bond donors (Lipinski definition) is 2. The molecule has 0 aromatic heterocycles. The molecule has 0 saturated heterocycles. The number of esters is 1. The molecule has 0 saturated carbocycles. The van der Waals surface area contributed by atoms with Crippen molar-refractivity contribution in [1.29, 1.82) is 5.41 Å². The van der Waals surface area contributed by atoms with Gasteiger partial charge in [0.05, 0.1) is 11.5 Å². The Hall–Kier alpha value is -2.64. The van der Waals surface area contributed by atoms with E-state index in [1.165, 1.54) is 30.1 Å². The number of benzene rings is 1. The lowest BCUT2D eigenvalue weighted by Gasteiger charge is -2.19. The van der Waals surface area contributed by atoms with Crippen LogP contribution in [0.4, 0.5) is 11.4 Å². The van der Waals surface area contributed by atoms with Gasteiger partial charge in [0.2, 0.25) is 0 Å². The number of hydrogen-bond acceptors (Lipinski definition) is 6. The number of nitro groups is 1. The molecule has 0 atom stereocenters. The van der Waals surface area contributed by atoms with Crippen LogP contribution in [0.3, 0.4) is 0 Å². The lowest BCUT2D eigenvalue weighted by Crippen LogP contribution is -2.33. The average molecular weight is 280 g/mol. The van der Waals surface area contributed by atoms with E-state index < -0.39 is 10.9 Å². The fourth-order valence-electron chi connectivity index (χ4n) is 1.55. The van der Waals surface area contributed by atoms with Crippen LogP contribution in [-0.4, -0.2) is 41.8 Å². The first-order valence-electron chi connectivity index (χ1n) is 5.86. The van der Waals surface area contributed by atoms with E-state index in [0.29, 0.717) is 0 Å². The Morgan fingerprint density at radius 2 is 2.20 bits per heavy atom. The molecule has 1 aromatic carbocycles. The second kappa shape index (κ2) is 6.50. The van der Waals surface area contributed by atoms with E-state index in [9.17, 15) is 14.9 Å². The number of nitrogen functional groups attached to an aromatic ring is 1. The minimum absolute atomic E-state index is 0.0840. The van der Waals surface area contributed by atoms with Crippen LogP contribution in [0, 0.1) is 15.5 Å². The second-order valence-corrected chi connectivity index (χ2v) is 4.04. The Bertz CT molecular complexity index is 544. The maximum absolute atomic E-state index is 11.3. The van der Waals surface area contributed by atoms with Crippen molar-refractivity contribution in [2.75, 3.05) is 25.9 Å². The number of nitrogens with zero attached hydrogens (tertiary/aromatic N) is 2. The molecule has 8 nitrogen and oxygen atoms in total. The summed E-state index contributed by atoms with van der Waals surface area (Å²) >= 11 is 0. The van der Waals surface area contributed by atoms with Crippen molar-refractivity contribution >= 4 is 23.2 Å². The highest BCUT2D eigenvalue weighted by Gasteiger charge is 2.17. The number of carbonyl (C=O) groups is 1. The van der Waals surface area contributed by atoms with Gasteiger partial charge in [-0.1, -0.05) is 0 Å². The lowest BCUT2D eigenvalue weighted by molar-refractivity contribution is -0.384. The number of non-ortho nitro benzene ring substituents is 1. The summed E-state index contributed by atoms with van der Waals surface area (Å²) < 4.78 is 4.77. The third kappa shape index (κ3) is 3.67. The number of nitrogens with one attached hydrogen (secondary N) is 1. The Morgan fingerprint density at radius 3 is 2.75 bits per heavy atom. The predicted octanol–water partition coefficient (Wildman–Crippen LogP) is 0.997. The zero-order chi connectivity index (χ0) is 15.3. The molecule has 0 heterocycles. The van der Waals surface area contributed by atoms with Crippen molar-refractivity contribution in [3.63, 3.8) is 0 Å². The SMILES string of the molecule is CCOC(=O)CN(C)C(=N)c1cc([N+](=O)[O-])ccc1N. The van der Waals surface area contributed by atoms with Crippen LogP contribution in [0.15, 0.2) is 18.2 Å². The van der Waals surface area contributed by atoms with E-state index >= 15 is 0 Å². The summed E-state index contributed by atoms with van der Waals surface area (Å²) in [5, 5.41) is 18.7. The monoisotopic (exact) mass is 280 g/mol. The molecular formula is C12H16N4O4. The van der Waals surface area contributed by atoms with Crippen LogP contribution in [0.25, 0.3) is 0 Å². The van der Waals surface area contributed by atoms with Crippen molar-refractivity contribution in [2.24, 2.45) is 0 Å². The predicted molar refractivity (Wildman–Crippen MR) is 73.6 cm³/mol. The fraction of sp³-hybridized carbons (Fsp3) is 0.333. The van der Waals surface area contributed by atoms with Gasteiger partial charge in [-0.2, -0.15) is 0 Å². The van der Waals surface area contributed by atoms with Gasteiger partial charge in [0, 0.05) is 30.4 Å². The molecule has 1 rings (SSSR count). The molecule has 0 bridgehead atoms. The smallest absolute Gasteiger partial charge is 0.325 e. The van der Waals surface area contributed by atoms with Crippen molar-refractivity contribution in [3.05, 3.63) is 33.9 Å². The van der Waals surface area contributed by atoms with Gasteiger partial charge < -0.3 is 15.4 Å². The normalized spacial score (nSPS) is 9.90. The van der Waals surface area contributed by atoms with Crippen LogP contribution >= 0.6 is 0 Å². The molecule has 1 aromatic rings. The molecule has 0 amide bonds. The fourth-order valence-corrected chi connectivity index (χ4v) is 1.55. The van der Waals surface area contributed by atoms with Gasteiger partial charge >= 0.3 is 5.97 Å². The topological polar surface area (TPSA) is 123 Å². The number of anilines is 1. The standard InChI is InChI=1S/C12H16N4O4/c1-3-20-11(17)7-15(2)12(14)9-6-8(16(18)19)4-5-10(9)13/h4-6,14H,3,7,13H2,1-2H3. The zero-order valence-corrected chi connectivity index (χ0v) is 11.3. The largest absolute Gasteiger partial charge is 0.465 e. The summed E-state index contributed by atoms with van der Waals surface area (Å²) in [5.74, 6) is -0.567. The first-order chi connectivity index (χ1) is 9.36. The Kier molecular flexibility index (Phi) is 5.01. The van der Waals surface area contributed by atoms with Crippen LogP contribution < -0.4 is 5.73 Å². The Balaban J connectivity index is 2.93. The summed E-state index contributed by atoms with van der Waals surface area (Å²) in [5.41, 5.74) is 5.98. The number of carbonyl (C=O) groups excluding carboxylic acids is 1. The number of rotatable bonds is 5. The van der Waals surface area contributed by atoms with Crippen molar-refractivity contribution in [3.8, 4) is 0 Å². The summed E-state index contributed by atoms with van der Waals surface area (Å²) in [4.78, 5) is 22.8. The highest BCUT2D eigenvalue weighted by atomic mass is 16.6. The summed E-state index contributed by atoms with van der Waals surface area (Å²) in [6, 6.07) is 3.83. The molecule has 0 radical (unpaired) electrons. The highest BCUT2D eigenvalue weighted by molar-refractivity contribution is 6.02. The van der Waals surface area contributed by atoms with Crippen LogP contribution in [0.1, 0.15) is 12.5 Å². The van der Waals surface area contributed by atoms with Gasteiger partial charge in [0.25, 0.3) is 5.69 Å². The first kappa shape index (κ1) is 15.4. The molecule has 0 aliphatic carbocycles. The average Bonchev–Trinajstić information content (AvgIpc) is 2.38. The van der Waals surface area contributed by atoms with Crippen LogP contribution in [-0.2, 0) is 9.53 Å². The van der Waals surface area contributed by atoms with Crippen molar-refractivity contribution < 1.29 is 14.5 Å². The third-order valence-electron chi connectivity index (χ3n) is 2.56. The molecule has 108 valence electrons. The highest BCUT2D eigenvalue weighted by Crippen LogP contribution is 2.20. The maximum atomic E-state index is 11.3. The quantitative estimate of drug-likeness (QED) is 0.207. The Morgan fingerprint density at radius 1 is 1.55 bits per heavy atom. The zero-order valence-electron chi connectivity index (χ0n) is 11.3. The van der Waals surface area contributed by atoms with Gasteiger partial charge in [-0.05, 0) is 13.0 Å². The van der Waals surface area contributed by atoms with Gasteiger partial charge in [0.15, 0.2) is 0 Å². The van der Waals surface area contributed by atoms with Crippen molar-refractivity contribution in [1.82, 2.24) is 4.90 Å². The molecule has 0 fully saturated rings. The number of amidine groups is 1. The van der Waals surface area contributed by atoms with E-state index in [-0.39, 0.29) is 35.9 Å². The molecule has 0 unspecified atom stereocenters. The van der Waals surface area contributed by atoms with Gasteiger partial charge in [-0.15, -0.1) is 0 Å². The van der Waals surface area contributed by atoms with E-state index in [0.717, 1.165) is 0 Å². The molecule has 0 aliphatic heterocycles. The molecule has 20 heavy (non-hydrogen) atoms.